The molecule has 0 saturated carbocycles. The second-order valence-corrected chi connectivity index (χ2v) is 4.94. The van der Waals surface area contributed by atoms with Gasteiger partial charge in [-0.25, -0.2) is 0 Å². The summed E-state index contributed by atoms with van der Waals surface area (Å²) in [6, 6.07) is 5.07. The number of aromatic hydroxyl groups is 1. The number of phenolic OH excluding ortho intramolecular Hbond substituents is 1. The minimum Gasteiger partial charge on any atom is -0.511 e. The van der Waals surface area contributed by atoms with Gasteiger partial charge >= 0.3 is 0 Å². The third-order valence-electron chi connectivity index (χ3n) is 2.28. The molecule has 0 fully saturated rings. The van der Waals surface area contributed by atoms with Crippen molar-refractivity contribution in [2.75, 3.05) is 0 Å². The monoisotopic (exact) mass is 264 g/mol. The number of hydrogen-bond donors (Lipinski definition) is 2. The molecule has 0 aliphatic rings. The van der Waals surface area contributed by atoms with E-state index in [0.717, 1.165) is 10.5 Å². The van der Waals surface area contributed by atoms with Crippen LogP contribution >= 0.6 is 11.8 Å². The summed E-state index contributed by atoms with van der Waals surface area (Å²) in [4.78, 5) is 12.5. The van der Waals surface area contributed by atoms with Gasteiger partial charge in [-0.3, -0.25) is 4.79 Å². The number of hydrogen-bond acceptors (Lipinski definition) is 4. The molecule has 0 aliphatic heterocycles. The second kappa shape index (κ2) is 6.31. The summed E-state index contributed by atoms with van der Waals surface area (Å²) in [7, 11) is 0. The zero-order valence-corrected chi connectivity index (χ0v) is 11.3. The third-order valence-corrected chi connectivity index (χ3v) is 3.56. The van der Waals surface area contributed by atoms with E-state index in [-0.39, 0.29) is 17.3 Å². The molecule has 3 nitrogen and oxygen atoms in total. The van der Waals surface area contributed by atoms with Crippen molar-refractivity contribution in [1.29, 1.82) is 0 Å². The van der Waals surface area contributed by atoms with Crippen LogP contribution in [0.2, 0.25) is 0 Å². The smallest absolute Gasteiger partial charge is 0.169 e. The number of rotatable bonds is 5. The van der Waals surface area contributed by atoms with Gasteiger partial charge in [-0.15, -0.1) is 6.58 Å². The number of allylic oxidation sites excluding steroid dienone is 3. The zero-order chi connectivity index (χ0) is 13.7. The average molecular weight is 264 g/mol. The Morgan fingerprint density at radius 2 is 2.11 bits per heavy atom. The number of Topliss-reactive ketones (excluding diaryl/α,β-unsaturated/α-hetero) is 1. The molecule has 0 saturated heterocycles. The lowest BCUT2D eigenvalue weighted by atomic mass is 10.1. The fourth-order valence-electron chi connectivity index (χ4n) is 1.46. The Morgan fingerprint density at radius 3 is 2.61 bits per heavy atom. The van der Waals surface area contributed by atoms with E-state index in [1.54, 1.807) is 24.3 Å². The highest BCUT2D eigenvalue weighted by atomic mass is 32.2. The highest BCUT2D eigenvalue weighted by Crippen LogP contribution is 2.32. The van der Waals surface area contributed by atoms with Crippen molar-refractivity contribution in [2.24, 2.45) is 0 Å². The summed E-state index contributed by atoms with van der Waals surface area (Å²) in [5.74, 6) is 0.0255. The molecule has 18 heavy (non-hydrogen) atoms. The van der Waals surface area contributed by atoms with Crippen LogP contribution in [0.15, 0.2) is 46.4 Å². The number of aliphatic hydroxyl groups excluding tert-OH is 1. The largest absolute Gasteiger partial charge is 0.511 e. The second-order valence-electron chi connectivity index (χ2n) is 3.86. The quantitative estimate of drug-likeness (QED) is 0.369. The van der Waals surface area contributed by atoms with Crippen LogP contribution in [0.25, 0.3) is 0 Å². The molecule has 0 aromatic heterocycles. The normalized spacial score (nSPS) is 11.9. The van der Waals surface area contributed by atoms with Crippen molar-refractivity contribution in [3.8, 4) is 5.75 Å². The van der Waals surface area contributed by atoms with Crippen LogP contribution in [0, 0.1) is 0 Å². The van der Waals surface area contributed by atoms with E-state index < -0.39 is 0 Å². The summed E-state index contributed by atoms with van der Waals surface area (Å²) >= 11 is 1.19. The lowest BCUT2D eigenvalue weighted by Gasteiger charge is -2.08. The van der Waals surface area contributed by atoms with Crippen molar-refractivity contribution in [1.82, 2.24) is 0 Å². The number of carbonyl (C=O) groups excluding carboxylic acids is 1. The third kappa shape index (κ3) is 3.67. The summed E-state index contributed by atoms with van der Waals surface area (Å²) in [6.07, 6.45) is 2.25. The van der Waals surface area contributed by atoms with Gasteiger partial charge in [-0.05, 0) is 44.0 Å². The van der Waals surface area contributed by atoms with Crippen molar-refractivity contribution in [3.63, 3.8) is 0 Å². The number of benzene rings is 1. The Kier molecular flexibility index (Phi) is 5.04. The van der Waals surface area contributed by atoms with Crippen LogP contribution in [0.5, 0.6) is 5.75 Å². The highest BCUT2D eigenvalue weighted by Gasteiger charge is 2.11. The molecular formula is C14H16O3S. The topological polar surface area (TPSA) is 57.5 Å². The van der Waals surface area contributed by atoms with Crippen LogP contribution < -0.4 is 0 Å². The highest BCUT2D eigenvalue weighted by molar-refractivity contribution is 8.04. The Hall–Kier alpha value is -1.68. The number of ketones is 1. The predicted molar refractivity (Wildman–Crippen MR) is 73.9 cm³/mol. The van der Waals surface area contributed by atoms with Gasteiger partial charge in [0.15, 0.2) is 5.78 Å². The van der Waals surface area contributed by atoms with Crippen molar-refractivity contribution in [2.45, 2.75) is 25.2 Å². The van der Waals surface area contributed by atoms with Gasteiger partial charge in [0.2, 0.25) is 0 Å². The zero-order valence-electron chi connectivity index (χ0n) is 10.4. The van der Waals surface area contributed by atoms with Crippen LogP contribution in [0.1, 0.15) is 19.4 Å². The van der Waals surface area contributed by atoms with E-state index in [1.807, 2.05) is 0 Å². The standard InChI is InChI=1S/C14H16O3S/c1-4-5-11-8-12(6-7-13(11)17)18-14(9(2)15)10(3)16/h4,6-8,15,17H,1,5H2,2-3H3/b14-9-. The Labute approximate surface area is 111 Å². The van der Waals surface area contributed by atoms with Gasteiger partial charge in [-0.1, -0.05) is 17.8 Å². The van der Waals surface area contributed by atoms with E-state index in [4.69, 9.17) is 0 Å². The maximum atomic E-state index is 11.4. The molecule has 0 atom stereocenters. The van der Waals surface area contributed by atoms with Crippen molar-refractivity contribution >= 4 is 17.5 Å². The molecule has 0 amide bonds. The van der Waals surface area contributed by atoms with Gasteiger partial charge in [0.1, 0.15) is 11.5 Å². The maximum Gasteiger partial charge on any atom is 0.169 e. The van der Waals surface area contributed by atoms with Crippen molar-refractivity contribution < 1.29 is 15.0 Å². The lowest BCUT2D eigenvalue weighted by Crippen LogP contribution is -1.96. The molecule has 1 rings (SSSR count). The van der Waals surface area contributed by atoms with Gasteiger partial charge in [0.05, 0.1) is 4.91 Å². The van der Waals surface area contributed by atoms with Gasteiger partial charge in [0.25, 0.3) is 0 Å². The SMILES string of the molecule is C=CCc1cc(S/C(C(C)=O)=C(/C)O)ccc1O. The average Bonchev–Trinajstić information content (AvgIpc) is 2.29. The molecule has 0 radical (unpaired) electrons. The number of thioether (sulfide) groups is 1. The van der Waals surface area contributed by atoms with Gasteiger partial charge < -0.3 is 10.2 Å². The minimum atomic E-state index is -0.182. The van der Waals surface area contributed by atoms with Crippen LogP contribution in [0.3, 0.4) is 0 Å². The van der Waals surface area contributed by atoms with Gasteiger partial charge in [-0.2, -0.15) is 0 Å². The maximum absolute atomic E-state index is 11.4. The fourth-order valence-corrected chi connectivity index (χ4v) is 2.33. The predicted octanol–water partition coefficient (Wildman–Crippen LogP) is 3.59. The van der Waals surface area contributed by atoms with Gasteiger partial charge in [0, 0.05) is 4.90 Å². The van der Waals surface area contributed by atoms with E-state index >= 15 is 0 Å². The van der Waals surface area contributed by atoms with E-state index in [0.29, 0.717) is 11.3 Å². The molecule has 1 aromatic carbocycles. The van der Waals surface area contributed by atoms with E-state index in [1.165, 1.54) is 25.6 Å². The molecule has 0 unspecified atom stereocenters. The molecule has 0 heterocycles. The first-order chi connectivity index (χ1) is 8.45. The Bertz CT molecular complexity index is 500. The van der Waals surface area contributed by atoms with Crippen molar-refractivity contribution in [3.05, 3.63) is 47.1 Å². The van der Waals surface area contributed by atoms with E-state index in [2.05, 4.69) is 6.58 Å². The molecule has 96 valence electrons. The lowest BCUT2D eigenvalue weighted by molar-refractivity contribution is -0.113. The Balaban J connectivity index is 3.05. The molecular weight excluding hydrogens is 248 g/mol. The summed E-state index contributed by atoms with van der Waals surface area (Å²) in [5, 5.41) is 19.1. The number of aliphatic hydroxyl groups is 1. The first-order valence-corrected chi connectivity index (χ1v) is 6.28. The molecule has 0 bridgehead atoms. The van der Waals surface area contributed by atoms with E-state index in [9.17, 15) is 15.0 Å². The minimum absolute atomic E-state index is 0.00541. The summed E-state index contributed by atoms with van der Waals surface area (Å²) in [5.41, 5.74) is 0.744. The molecule has 1 aromatic rings. The molecule has 0 spiro atoms. The number of carbonyl (C=O) groups is 1. The molecule has 0 aliphatic carbocycles. The molecule has 2 N–H and O–H groups in total. The molecule has 4 heteroatoms. The number of phenols is 1. The van der Waals surface area contributed by atoms with Crippen LogP contribution in [-0.2, 0) is 11.2 Å². The van der Waals surface area contributed by atoms with Crippen LogP contribution in [-0.4, -0.2) is 16.0 Å². The Morgan fingerprint density at radius 1 is 1.44 bits per heavy atom. The summed E-state index contributed by atoms with van der Waals surface area (Å²) in [6.45, 7) is 6.51. The first-order valence-electron chi connectivity index (χ1n) is 5.47. The first kappa shape index (κ1) is 14.4. The summed E-state index contributed by atoms with van der Waals surface area (Å²) < 4.78 is 0. The van der Waals surface area contributed by atoms with Crippen LogP contribution in [0.4, 0.5) is 0 Å². The fraction of sp³-hybridized carbons (Fsp3) is 0.214.